The molecule has 0 spiro atoms. The molecule has 2 heterocycles. The van der Waals surface area contributed by atoms with Crippen LogP contribution in [0.1, 0.15) is 47.4 Å². The number of carbonyl (C=O) groups is 1. The molecule has 2 saturated heterocycles. The number of carbonyl (C=O) groups excluding carboxylic acids is 1. The van der Waals surface area contributed by atoms with Crippen molar-refractivity contribution >= 4 is 5.78 Å². The third-order valence-corrected chi connectivity index (χ3v) is 6.69. The van der Waals surface area contributed by atoms with Crippen LogP contribution in [0.2, 0.25) is 0 Å². The van der Waals surface area contributed by atoms with E-state index in [9.17, 15) is 55.9 Å². The molecule has 10 atom stereocenters. The maximum Gasteiger partial charge on any atom is 0.229 e. The molecule has 1 aromatic rings. The first-order chi connectivity index (χ1) is 17.4. The van der Waals surface area contributed by atoms with Gasteiger partial charge < -0.3 is 65.3 Å². The van der Waals surface area contributed by atoms with Crippen molar-refractivity contribution in [1.82, 2.24) is 0 Å². The van der Waals surface area contributed by atoms with Crippen molar-refractivity contribution in [2.24, 2.45) is 0 Å². The van der Waals surface area contributed by atoms with Gasteiger partial charge in [0.2, 0.25) is 6.29 Å². The minimum Gasteiger partial charge on any atom is -0.507 e. The van der Waals surface area contributed by atoms with E-state index in [0.29, 0.717) is 6.42 Å². The van der Waals surface area contributed by atoms with Crippen molar-refractivity contribution in [3.63, 3.8) is 0 Å². The molecule has 0 radical (unpaired) electrons. The molecular formula is C23H34O14. The Balaban J connectivity index is 2.14. The second kappa shape index (κ2) is 11.7. The lowest BCUT2D eigenvalue weighted by molar-refractivity contribution is -0.277. The third kappa shape index (κ3) is 5.27. The molecule has 2 fully saturated rings. The van der Waals surface area contributed by atoms with Crippen LogP contribution in [0.25, 0.3) is 0 Å². The molecule has 0 aromatic heterocycles. The highest BCUT2D eigenvalue weighted by Gasteiger charge is 2.48. The Morgan fingerprint density at radius 3 is 1.89 bits per heavy atom. The first kappa shape index (κ1) is 29.4. The zero-order chi connectivity index (χ0) is 27.8. The summed E-state index contributed by atoms with van der Waals surface area (Å²) in [5, 5.41) is 102. The SMILES string of the molecule is CCCC(=O)c1c(O)c([C@@H]2O[C@H](CO)[C@@H](O)[C@H](O)[C@H]2O)c(O)c(C)c1O[C@@H]1O[C@H](CO)[C@@H](O)[C@H](O)[C@H]1O. The number of hydrogen-bond donors (Lipinski definition) is 10. The molecule has 2 aliphatic heterocycles. The summed E-state index contributed by atoms with van der Waals surface area (Å²) in [5.41, 5.74) is -1.21. The van der Waals surface area contributed by atoms with E-state index in [4.69, 9.17) is 14.2 Å². The smallest absolute Gasteiger partial charge is 0.229 e. The van der Waals surface area contributed by atoms with E-state index in [1.54, 1.807) is 6.92 Å². The summed E-state index contributed by atoms with van der Waals surface area (Å²) in [6.45, 7) is 1.42. The van der Waals surface area contributed by atoms with Gasteiger partial charge in [-0.3, -0.25) is 4.79 Å². The molecule has 0 unspecified atom stereocenters. The number of phenolic OH excluding ortho intramolecular Hbond substituents is 2. The molecule has 0 bridgehead atoms. The fourth-order valence-corrected chi connectivity index (χ4v) is 4.50. The molecule has 210 valence electrons. The molecule has 2 aliphatic rings. The Labute approximate surface area is 211 Å². The first-order valence-electron chi connectivity index (χ1n) is 11.8. The summed E-state index contributed by atoms with van der Waals surface area (Å²) >= 11 is 0. The van der Waals surface area contributed by atoms with Crippen LogP contribution in [0.5, 0.6) is 17.2 Å². The number of phenols is 2. The normalized spacial score (nSPS) is 36.4. The van der Waals surface area contributed by atoms with Crippen molar-refractivity contribution < 1.29 is 70.1 Å². The van der Waals surface area contributed by atoms with Gasteiger partial charge in [0.1, 0.15) is 77.7 Å². The number of hydrogen-bond acceptors (Lipinski definition) is 14. The molecule has 1 aromatic carbocycles. The molecule has 0 aliphatic carbocycles. The predicted octanol–water partition coefficient (Wildman–Crippen LogP) is -2.92. The van der Waals surface area contributed by atoms with Gasteiger partial charge in [0.25, 0.3) is 0 Å². The summed E-state index contributed by atoms with van der Waals surface area (Å²) in [6, 6.07) is 0. The number of aliphatic hydroxyl groups excluding tert-OH is 8. The Bertz CT molecular complexity index is 965. The maximum atomic E-state index is 13.1. The van der Waals surface area contributed by atoms with E-state index in [0.717, 1.165) is 0 Å². The zero-order valence-electron chi connectivity index (χ0n) is 20.2. The summed E-state index contributed by atoms with van der Waals surface area (Å²) in [5.74, 6) is -2.78. The van der Waals surface area contributed by atoms with E-state index in [2.05, 4.69) is 0 Å². The van der Waals surface area contributed by atoms with Crippen molar-refractivity contribution in [2.75, 3.05) is 13.2 Å². The van der Waals surface area contributed by atoms with Crippen LogP contribution in [0.15, 0.2) is 0 Å². The zero-order valence-corrected chi connectivity index (χ0v) is 20.2. The topological polar surface area (TPSA) is 247 Å². The standard InChI is InChI=1S/C23H34O14/c1-3-4-8(26)11-16(30)12(22-19(33)17(31)14(28)9(5-24)35-22)13(27)7(2)21(11)37-23-20(34)18(32)15(29)10(6-25)36-23/h9-10,14-15,17-20,22-25,27-34H,3-6H2,1-2H3/t9-,10-,14-,15-,17+,18+,19-,20-,22+,23+/m1/s1. The first-order valence-corrected chi connectivity index (χ1v) is 11.8. The fraction of sp³-hybridized carbons (Fsp3) is 0.696. The van der Waals surface area contributed by atoms with Crippen LogP contribution in [-0.4, -0.2) is 125 Å². The Morgan fingerprint density at radius 2 is 1.35 bits per heavy atom. The molecule has 14 heteroatoms. The number of Topliss-reactive ketones (excluding diaryl/α,β-unsaturated/α-hetero) is 1. The maximum absolute atomic E-state index is 13.1. The van der Waals surface area contributed by atoms with Crippen molar-refractivity contribution in [3.8, 4) is 17.2 Å². The van der Waals surface area contributed by atoms with Crippen molar-refractivity contribution in [3.05, 3.63) is 16.7 Å². The molecule has 10 N–H and O–H groups in total. The average molecular weight is 535 g/mol. The van der Waals surface area contributed by atoms with Crippen LogP contribution >= 0.6 is 0 Å². The van der Waals surface area contributed by atoms with Gasteiger partial charge in [-0.15, -0.1) is 0 Å². The van der Waals surface area contributed by atoms with Crippen LogP contribution in [0.3, 0.4) is 0 Å². The van der Waals surface area contributed by atoms with E-state index >= 15 is 0 Å². The minimum absolute atomic E-state index is 0.114. The van der Waals surface area contributed by atoms with Gasteiger partial charge in [-0.05, 0) is 13.3 Å². The van der Waals surface area contributed by atoms with Crippen molar-refractivity contribution in [1.29, 1.82) is 0 Å². The van der Waals surface area contributed by atoms with E-state index < -0.39 is 109 Å². The second-order valence-corrected chi connectivity index (χ2v) is 9.18. The highest BCUT2D eigenvalue weighted by Crippen LogP contribution is 2.49. The monoisotopic (exact) mass is 534 g/mol. The van der Waals surface area contributed by atoms with E-state index in [1.807, 2.05) is 0 Å². The molecule has 0 saturated carbocycles. The number of aromatic hydroxyl groups is 2. The van der Waals surface area contributed by atoms with Gasteiger partial charge in [-0.25, -0.2) is 0 Å². The number of rotatable bonds is 8. The lowest BCUT2D eigenvalue weighted by Crippen LogP contribution is -2.60. The molecule has 14 nitrogen and oxygen atoms in total. The highest BCUT2D eigenvalue weighted by atomic mass is 16.7. The predicted molar refractivity (Wildman–Crippen MR) is 121 cm³/mol. The third-order valence-electron chi connectivity index (χ3n) is 6.69. The minimum atomic E-state index is -1.89. The van der Waals surface area contributed by atoms with Crippen molar-refractivity contribution in [2.45, 2.75) is 87.9 Å². The number of aliphatic hydroxyl groups is 8. The lowest BCUT2D eigenvalue weighted by Gasteiger charge is -2.41. The summed E-state index contributed by atoms with van der Waals surface area (Å²) in [6.07, 6.45) is -16.7. The quantitative estimate of drug-likeness (QED) is 0.150. The van der Waals surface area contributed by atoms with Gasteiger partial charge in [-0.1, -0.05) is 6.92 Å². The van der Waals surface area contributed by atoms with E-state index in [-0.39, 0.29) is 12.0 Å². The Morgan fingerprint density at radius 1 is 0.811 bits per heavy atom. The fourth-order valence-electron chi connectivity index (χ4n) is 4.50. The molecule has 0 amide bonds. The number of benzene rings is 1. The van der Waals surface area contributed by atoms with Gasteiger partial charge in [0.15, 0.2) is 5.78 Å². The lowest BCUT2D eigenvalue weighted by atomic mass is 9.87. The van der Waals surface area contributed by atoms with Crippen LogP contribution in [0, 0.1) is 6.92 Å². The Hall–Kier alpha value is -2.11. The summed E-state index contributed by atoms with van der Waals surface area (Å²) in [4.78, 5) is 13.1. The van der Waals surface area contributed by atoms with Crippen LogP contribution < -0.4 is 4.74 Å². The highest BCUT2D eigenvalue weighted by molar-refractivity contribution is 6.02. The second-order valence-electron chi connectivity index (χ2n) is 9.18. The molecular weight excluding hydrogens is 500 g/mol. The van der Waals surface area contributed by atoms with Crippen LogP contribution in [0.4, 0.5) is 0 Å². The number of ether oxygens (including phenoxy) is 3. The van der Waals surface area contributed by atoms with Gasteiger partial charge in [0.05, 0.1) is 18.8 Å². The van der Waals surface area contributed by atoms with Gasteiger partial charge in [0, 0.05) is 12.0 Å². The number of ketones is 1. The van der Waals surface area contributed by atoms with E-state index in [1.165, 1.54) is 6.92 Å². The summed E-state index contributed by atoms with van der Waals surface area (Å²) < 4.78 is 16.4. The summed E-state index contributed by atoms with van der Waals surface area (Å²) in [7, 11) is 0. The molecule has 37 heavy (non-hydrogen) atoms. The van der Waals surface area contributed by atoms with Gasteiger partial charge in [-0.2, -0.15) is 0 Å². The molecule has 3 rings (SSSR count). The average Bonchev–Trinajstić information content (AvgIpc) is 2.87. The Kier molecular flexibility index (Phi) is 9.34. The largest absolute Gasteiger partial charge is 0.507 e. The van der Waals surface area contributed by atoms with Crippen LogP contribution in [-0.2, 0) is 9.47 Å². The van der Waals surface area contributed by atoms with Gasteiger partial charge >= 0.3 is 0 Å².